The van der Waals surface area contributed by atoms with Crippen LogP contribution in [0.5, 0.6) is 0 Å². The fourth-order valence-corrected chi connectivity index (χ4v) is 1.57. The summed E-state index contributed by atoms with van der Waals surface area (Å²) in [5.74, 6) is -0.269. The number of carbonyl (C=O) groups excluding carboxylic acids is 1. The molecule has 2 aromatic rings. The highest BCUT2D eigenvalue weighted by Gasteiger charge is 2.09. The first-order valence-electron chi connectivity index (χ1n) is 5.65. The fourth-order valence-electron chi connectivity index (χ4n) is 1.57. The van der Waals surface area contributed by atoms with Crippen LogP contribution in [0.3, 0.4) is 0 Å². The molecule has 18 heavy (non-hydrogen) atoms. The Kier molecular flexibility index (Phi) is 3.69. The second-order valence-corrected chi connectivity index (χ2v) is 3.97. The zero-order chi connectivity index (χ0) is 13.0. The van der Waals surface area contributed by atoms with Crippen LogP contribution in [0, 0.1) is 0 Å². The molecular weight excluding hydrogens is 230 g/mol. The first-order valence-corrected chi connectivity index (χ1v) is 5.65. The highest BCUT2D eigenvalue weighted by molar-refractivity contribution is 6.02. The Labute approximate surface area is 105 Å². The molecule has 1 amide bonds. The van der Waals surface area contributed by atoms with Crippen LogP contribution in [0.15, 0.2) is 30.5 Å². The van der Waals surface area contributed by atoms with E-state index >= 15 is 0 Å². The Morgan fingerprint density at radius 1 is 1.39 bits per heavy atom. The van der Waals surface area contributed by atoms with Gasteiger partial charge < -0.3 is 11.1 Å². The molecule has 0 spiro atoms. The lowest BCUT2D eigenvalue weighted by atomic mass is 10.1. The molecule has 0 saturated carbocycles. The minimum absolute atomic E-state index is 0.269. The van der Waals surface area contributed by atoms with Gasteiger partial charge in [0.15, 0.2) is 5.69 Å². The van der Waals surface area contributed by atoms with Gasteiger partial charge in [-0.3, -0.25) is 9.48 Å². The Morgan fingerprint density at radius 3 is 2.67 bits per heavy atom. The molecule has 0 unspecified atom stereocenters. The van der Waals surface area contributed by atoms with Gasteiger partial charge >= 0.3 is 0 Å². The molecule has 0 aliphatic rings. The van der Waals surface area contributed by atoms with Crippen molar-refractivity contribution in [2.45, 2.75) is 6.42 Å². The van der Waals surface area contributed by atoms with E-state index < -0.39 is 0 Å². The van der Waals surface area contributed by atoms with Crippen LogP contribution in [-0.4, -0.2) is 27.4 Å². The van der Waals surface area contributed by atoms with Crippen molar-refractivity contribution < 1.29 is 4.79 Å². The Hall–Kier alpha value is -2.21. The molecule has 0 fully saturated rings. The molecule has 1 aromatic heterocycles. The number of aryl methyl sites for hydroxylation is 1. The molecule has 6 nitrogen and oxygen atoms in total. The highest BCUT2D eigenvalue weighted by Crippen LogP contribution is 2.10. The van der Waals surface area contributed by atoms with Crippen LogP contribution >= 0.6 is 0 Å². The number of hydrogen-bond donors (Lipinski definition) is 2. The van der Waals surface area contributed by atoms with Crippen LogP contribution in [0.1, 0.15) is 16.1 Å². The summed E-state index contributed by atoms with van der Waals surface area (Å²) in [5.41, 5.74) is 7.64. The van der Waals surface area contributed by atoms with Crippen LogP contribution in [-0.2, 0) is 13.5 Å². The lowest BCUT2D eigenvalue weighted by Gasteiger charge is -2.04. The molecule has 0 atom stereocenters. The molecule has 0 saturated heterocycles. The van der Waals surface area contributed by atoms with Crippen molar-refractivity contribution in [2.75, 3.05) is 11.9 Å². The monoisotopic (exact) mass is 245 g/mol. The Morgan fingerprint density at radius 2 is 2.11 bits per heavy atom. The van der Waals surface area contributed by atoms with E-state index in [1.54, 1.807) is 13.2 Å². The highest BCUT2D eigenvalue weighted by atomic mass is 16.2. The van der Waals surface area contributed by atoms with Crippen LogP contribution < -0.4 is 11.1 Å². The average molecular weight is 245 g/mol. The maximum Gasteiger partial charge on any atom is 0.277 e. The topological polar surface area (TPSA) is 85.8 Å². The van der Waals surface area contributed by atoms with E-state index in [0.29, 0.717) is 12.2 Å². The van der Waals surface area contributed by atoms with Gasteiger partial charge in [0.05, 0.1) is 6.20 Å². The third kappa shape index (κ3) is 2.92. The van der Waals surface area contributed by atoms with E-state index in [9.17, 15) is 4.79 Å². The molecule has 0 radical (unpaired) electrons. The molecule has 1 aromatic carbocycles. The summed E-state index contributed by atoms with van der Waals surface area (Å²) in [4.78, 5) is 11.8. The summed E-state index contributed by atoms with van der Waals surface area (Å²) >= 11 is 0. The van der Waals surface area contributed by atoms with Crippen molar-refractivity contribution in [1.82, 2.24) is 15.0 Å². The smallest absolute Gasteiger partial charge is 0.277 e. The summed E-state index contributed by atoms with van der Waals surface area (Å²) in [6, 6.07) is 7.58. The molecule has 3 N–H and O–H groups in total. The average Bonchev–Trinajstić information content (AvgIpc) is 2.79. The number of carbonyl (C=O) groups is 1. The number of nitrogens with zero attached hydrogens (tertiary/aromatic N) is 3. The van der Waals surface area contributed by atoms with Crippen molar-refractivity contribution in [2.24, 2.45) is 12.8 Å². The van der Waals surface area contributed by atoms with Gasteiger partial charge in [0.1, 0.15) is 0 Å². The minimum Gasteiger partial charge on any atom is -0.330 e. The second kappa shape index (κ2) is 5.42. The largest absolute Gasteiger partial charge is 0.330 e. The van der Waals surface area contributed by atoms with Gasteiger partial charge in [-0.1, -0.05) is 17.3 Å². The molecule has 1 heterocycles. The van der Waals surface area contributed by atoms with Crippen LogP contribution in [0.4, 0.5) is 5.69 Å². The first-order chi connectivity index (χ1) is 8.69. The summed E-state index contributed by atoms with van der Waals surface area (Å²) in [6.45, 7) is 0.616. The zero-order valence-electron chi connectivity index (χ0n) is 10.1. The van der Waals surface area contributed by atoms with E-state index in [4.69, 9.17) is 5.73 Å². The predicted octanol–water partition coefficient (Wildman–Crippen LogP) is 0.569. The fraction of sp³-hybridized carbons (Fsp3) is 0.250. The maximum absolute atomic E-state index is 11.8. The molecule has 0 aliphatic heterocycles. The number of rotatable bonds is 4. The van der Waals surface area contributed by atoms with Crippen molar-refractivity contribution in [1.29, 1.82) is 0 Å². The standard InChI is InChI=1S/C12H15N5O/c1-17-8-11(15-16-17)12(18)14-10-4-2-9(3-5-10)6-7-13/h2-5,8H,6-7,13H2,1H3,(H,14,18). The number of nitrogens with one attached hydrogen (secondary N) is 1. The van der Waals surface area contributed by atoms with Gasteiger partial charge in [0.2, 0.25) is 0 Å². The van der Waals surface area contributed by atoms with E-state index in [1.807, 2.05) is 24.3 Å². The number of anilines is 1. The van der Waals surface area contributed by atoms with E-state index in [0.717, 1.165) is 17.7 Å². The maximum atomic E-state index is 11.8. The molecule has 0 aliphatic carbocycles. The van der Waals surface area contributed by atoms with Gasteiger partial charge in [-0.25, -0.2) is 0 Å². The summed E-state index contributed by atoms with van der Waals surface area (Å²) < 4.78 is 1.49. The third-order valence-electron chi connectivity index (χ3n) is 2.48. The van der Waals surface area contributed by atoms with Gasteiger partial charge in [-0.05, 0) is 30.7 Å². The molecule has 0 bridgehead atoms. The zero-order valence-corrected chi connectivity index (χ0v) is 10.1. The molecule has 2 rings (SSSR count). The van der Waals surface area contributed by atoms with Gasteiger partial charge in [0.25, 0.3) is 5.91 Å². The predicted molar refractivity (Wildman–Crippen MR) is 68.2 cm³/mol. The molecule has 6 heteroatoms. The Bertz CT molecular complexity index is 532. The lowest BCUT2D eigenvalue weighted by molar-refractivity contribution is 0.102. The SMILES string of the molecule is Cn1cc(C(=O)Nc2ccc(CCN)cc2)nn1. The van der Waals surface area contributed by atoms with Crippen LogP contribution in [0.2, 0.25) is 0 Å². The van der Waals surface area contributed by atoms with Crippen LogP contribution in [0.25, 0.3) is 0 Å². The summed E-state index contributed by atoms with van der Waals surface area (Å²) in [5, 5.41) is 10.2. The minimum atomic E-state index is -0.269. The van der Waals surface area contributed by atoms with Gasteiger partial charge in [0, 0.05) is 12.7 Å². The lowest BCUT2D eigenvalue weighted by Crippen LogP contribution is -2.12. The van der Waals surface area contributed by atoms with Gasteiger partial charge in [-0.2, -0.15) is 0 Å². The van der Waals surface area contributed by atoms with E-state index in [-0.39, 0.29) is 5.91 Å². The van der Waals surface area contributed by atoms with E-state index in [2.05, 4.69) is 15.6 Å². The van der Waals surface area contributed by atoms with Gasteiger partial charge in [-0.15, -0.1) is 5.10 Å². The number of hydrogen-bond acceptors (Lipinski definition) is 4. The quantitative estimate of drug-likeness (QED) is 0.824. The second-order valence-electron chi connectivity index (χ2n) is 3.97. The summed E-state index contributed by atoms with van der Waals surface area (Å²) in [6.07, 6.45) is 2.40. The number of nitrogens with two attached hydrogens (primary N) is 1. The number of benzene rings is 1. The van der Waals surface area contributed by atoms with Crippen molar-refractivity contribution >= 4 is 11.6 Å². The molecular formula is C12H15N5O. The van der Waals surface area contributed by atoms with Crippen molar-refractivity contribution in [3.63, 3.8) is 0 Å². The van der Waals surface area contributed by atoms with Crippen molar-refractivity contribution in [3.8, 4) is 0 Å². The normalized spacial score (nSPS) is 10.3. The summed E-state index contributed by atoms with van der Waals surface area (Å²) in [7, 11) is 1.71. The number of aromatic nitrogens is 3. The van der Waals surface area contributed by atoms with E-state index in [1.165, 1.54) is 4.68 Å². The molecule has 94 valence electrons. The first kappa shape index (κ1) is 12.3. The number of amides is 1. The third-order valence-corrected chi connectivity index (χ3v) is 2.48. The Balaban J connectivity index is 2.03. The van der Waals surface area contributed by atoms with Crippen molar-refractivity contribution in [3.05, 3.63) is 41.7 Å².